The quantitative estimate of drug-likeness (QED) is 0.793. The molecule has 1 amide bonds. The van der Waals surface area contributed by atoms with E-state index in [0.29, 0.717) is 23.2 Å². The maximum atomic E-state index is 12.1. The van der Waals surface area contributed by atoms with E-state index in [2.05, 4.69) is 15.5 Å². The fraction of sp³-hybridized carbons (Fsp3) is 0.800. The number of nitrogens with zero attached hydrogens (tertiary/aromatic N) is 2. The summed E-state index contributed by atoms with van der Waals surface area (Å²) >= 11 is 5.27. The molecule has 4 rings (SSSR count). The van der Waals surface area contributed by atoms with Gasteiger partial charge in [-0.25, -0.2) is 0 Å². The van der Waals surface area contributed by atoms with Gasteiger partial charge >= 0.3 is 0 Å². The van der Waals surface area contributed by atoms with Crippen molar-refractivity contribution in [3.05, 3.63) is 10.6 Å². The molecule has 3 saturated carbocycles. The van der Waals surface area contributed by atoms with Crippen molar-refractivity contribution < 1.29 is 4.79 Å². The molecule has 1 aromatic rings. The van der Waals surface area contributed by atoms with Gasteiger partial charge in [0.1, 0.15) is 5.82 Å². The number of aromatic nitrogens is 3. The first-order chi connectivity index (χ1) is 10.2. The number of aromatic amines is 1. The lowest BCUT2D eigenvalue weighted by atomic mass is 9.81. The Kier molecular flexibility index (Phi) is 3.36. The molecule has 114 valence electrons. The number of hydrogen-bond acceptors (Lipinski definition) is 3. The molecule has 3 aliphatic carbocycles. The largest absolute Gasteiger partial charge is 0.354 e. The van der Waals surface area contributed by atoms with E-state index >= 15 is 0 Å². The fourth-order valence-corrected chi connectivity index (χ4v) is 3.76. The third kappa shape index (κ3) is 2.65. The summed E-state index contributed by atoms with van der Waals surface area (Å²) in [4.78, 5) is 12.1. The summed E-state index contributed by atoms with van der Waals surface area (Å²) < 4.78 is 2.72. The highest BCUT2D eigenvalue weighted by molar-refractivity contribution is 7.71. The molecule has 0 aliphatic heterocycles. The molecular formula is C15H22N4OS. The van der Waals surface area contributed by atoms with Crippen LogP contribution in [0.3, 0.4) is 0 Å². The topological polar surface area (TPSA) is 62.7 Å². The Morgan fingerprint density at radius 2 is 2.19 bits per heavy atom. The molecule has 0 saturated heterocycles. The van der Waals surface area contributed by atoms with Crippen LogP contribution in [0.5, 0.6) is 0 Å². The van der Waals surface area contributed by atoms with Crippen LogP contribution in [0.1, 0.15) is 50.3 Å². The molecule has 2 atom stereocenters. The zero-order valence-corrected chi connectivity index (χ0v) is 13.0. The van der Waals surface area contributed by atoms with Crippen LogP contribution in [0.4, 0.5) is 0 Å². The predicted octanol–water partition coefficient (Wildman–Crippen LogP) is 2.37. The van der Waals surface area contributed by atoms with Crippen LogP contribution in [-0.4, -0.2) is 27.2 Å². The van der Waals surface area contributed by atoms with Crippen LogP contribution >= 0.6 is 12.2 Å². The first-order valence-corrected chi connectivity index (χ1v) is 8.57. The summed E-state index contributed by atoms with van der Waals surface area (Å²) in [5.41, 5.74) is 0. The Morgan fingerprint density at radius 3 is 2.86 bits per heavy atom. The van der Waals surface area contributed by atoms with Crippen molar-refractivity contribution in [2.75, 3.05) is 6.54 Å². The second-order valence-electron chi connectivity index (χ2n) is 6.80. The molecule has 1 heterocycles. The Balaban J connectivity index is 1.27. The van der Waals surface area contributed by atoms with Crippen molar-refractivity contribution in [3.63, 3.8) is 0 Å². The molecule has 0 bridgehead atoms. The van der Waals surface area contributed by atoms with Crippen molar-refractivity contribution in [2.45, 2.75) is 51.0 Å². The Morgan fingerprint density at radius 1 is 1.38 bits per heavy atom. The Labute approximate surface area is 129 Å². The first kappa shape index (κ1) is 13.5. The van der Waals surface area contributed by atoms with Crippen molar-refractivity contribution >= 4 is 18.1 Å². The van der Waals surface area contributed by atoms with E-state index in [-0.39, 0.29) is 11.8 Å². The van der Waals surface area contributed by atoms with E-state index in [1.807, 2.05) is 4.57 Å². The van der Waals surface area contributed by atoms with Crippen molar-refractivity contribution in [1.82, 2.24) is 20.1 Å². The Hall–Kier alpha value is -1.17. The predicted molar refractivity (Wildman–Crippen MR) is 81.3 cm³/mol. The van der Waals surface area contributed by atoms with Crippen LogP contribution in [-0.2, 0) is 11.3 Å². The molecule has 21 heavy (non-hydrogen) atoms. The van der Waals surface area contributed by atoms with Gasteiger partial charge < -0.3 is 9.88 Å². The van der Waals surface area contributed by atoms with Gasteiger partial charge in [-0.05, 0) is 43.3 Å². The van der Waals surface area contributed by atoms with Gasteiger partial charge in [0, 0.05) is 24.9 Å². The van der Waals surface area contributed by atoms with Crippen molar-refractivity contribution in [1.29, 1.82) is 0 Å². The summed E-state index contributed by atoms with van der Waals surface area (Å²) in [5.74, 6) is 3.68. The first-order valence-electron chi connectivity index (χ1n) is 8.17. The van der Waals surface area contributed by atoms with Gasteiger partial charge in [0.2, 0.25) is 5.91 Å². The highest BCUT2D eigenvalue weighted by Crippen LogP contribution is 2.51. The number of carbonyl (C=O) groups excluding carboxylic acids is 1. The van der Waals surface area contributed by atoms with Gasteiger partial charge in [-0.1, -0.05) is 19.3 Å². The number of carbonyl (C=O) groups is 1. The SMILES string of the molecule is O=C(NCCn1c(C2CC2)n[nH]c1=S)C1CC1C1CCC1. The lowest BCUT2D eigenvalue weighted by molar-refractivity contribution is -0.122. The lowest BCUT2D eigenvalue weighted by Gasteiger charge is -2.25. The van der Waals surface area contributed by atoms with Crippen LogP contribution in [0, 0.1) is 22.5 Å². The smallest absolute Gasteiger partial charge is 0.223 e. The molecule has 0 spiro atoms. The van der Waals surface area contributed by atoms with Crippen LogP contribution in [0.15, 0.2) is 0 Å². The number of hydrogen-bond donors (Lipinski definition) is 2. The highest BCUT2D eigenvalue weighted by atomic mass is 32.1. The van der Waals surface area contributed by atoms with Gasteiger partial charge in [0.25, 0.3) is 0 Å². The van der Waals surface area contributed by atoms with Crippen LogP contribution in [0.25, 0.3) is 0 Å². The minimum Gasteiger partial charge on any atom is -0.354 e. The molecule has 2 unspecified atom stereocenters. The monoisotopic (exact) mass is 306 g/mol. The standard InChI is InChI=1S/C15H22N4OS/c20-14(12-8-11(12)9-2-1-3-9)16-6-7-19-13(10-4-5-10)17-18-15(19)21/h9-12H,1-8H2,(H,16,20)(H,18,21). The molecule has 5 nitrogen and oxygen atoms in total. The minimum atomic E-state index is 0.245. The molecule has 6 heteroatoms. The second-order valence-corrected chi connectivity index (χ2v) is 7.19. The zero-order valence-electron chi connectivity index (χ0n) is 12.2. The number of rotatable bonds is 6. The minimum absolute atomic E-state index is 0.245. The Bertz CT molecular complexity index is 599. The second kappa shape index (κ2) is 5.23. The molecule has 0 aromatic carbocycles. The fourth-order valence-electron chi connectivity index (χ4n) is 3.53. The lowest BCUT2D eigenvalue weighted by Crippen LogP contribution is -2.30. The number of nitrogens with one attached hydrogen (secondary N) is 2. The van der Waals surface area contributed by atoms with Gasteiger partial charge in [-0.3, -0.25) is 9.89 Å². The number of H-pyrrole nitrogens is 1. The van der Waals surface area contributed by atoms with E-state index in [1.165, 1.54) is 32.1 Å². The van der Waals surface area contributed by atoms with Gasteiger partial charge in [0.15, 0.2) is 4.77 Å². The van der Waals surface area contributed by atoms with E-state index in [0.717, 1.165) is 24.7 Å². The van der Waals surface area contributed by atoms with E-state index < -0.39 is 0 Å². The molecule has 3 aliphatic rings. The third-order valence-corrected chi connectivity index (χ3v) is 5.61. The van der Waals surface area contributed by atoms with Gasteiger partial charge in [0.05, 0.1) is 0 Å². The summed E-state index contributed by atoms with van der Waals surface area (Å²) in [5, 5.41) is 10.3. The average molecular weight is 306 g/mol. The van der Waals surface area contributed by atoms with E-state index in [9.17, 15) is 4.79 Å². The maximum absolute atomic E-state index is 12.1. The molecule has 3 fully saturated rings. The zero-order chi connectivity index (χ0) is 14.4. The number of amides is 1. The van der Waals surface area contributed by atoms with Crippen molar-refractivity contribution in [2.24, 2.45) is 17.8 Å². The summed E-state index contributed by atoms with van der Waals surface area (Å²) in [6.45, 7) is 1.38. The van der Waals surface area contributed by atoms with Crippen molar-refractivity contribution in [3.8, 4) is 0 Å². The van der Waals surface area contributed by atoms with Crippen LogP contribution < -0.4 is 5.32 Å². The molecule has 1 aromatic heterocycles. The maximum Gasteiger partial charge on any atom is 0.223 e. The van der Waals surface area contributed by atoms with E-state index in [1.54, 1.807) is 0 Å². The van der Waals surface area contributed by atoms with Crippen LogP contribution in [0.2, 0.25) is 0 Å². The molecular weight excluding hydrogens is 284 g/mol. The van der Waals surface area contributed by atoms with E-state index in [4.69, 9.17) is 12.2 Å². The van der Waals surface area contributed by atoms with Gasteiger partial charge in [-0.2, -0.15) is 5.10 Å². The summed E-state index contributed by atoms with van der Waals surface area (Å²) in [6, 6.07) is 0. The normalized spacial score (nSPS) is 28.2. The average Bonchev–Trinajstić information content (AvgIpc) is 3.29. The third-order valence-electron chi connectivity index (χ3n) is 5.30. The van der Waals surface area contributed by atoms with Gasteiger partial charge in [-0.15, -0.1) is 0 Å². The molecule has 0 radical (unpaired) electrons. The molecule has 2 N–H and O–H groups in total. The summed E-state index contributed by atoms with van der Waals surface area (Å²) in [6.07, 6.45) is 7.55. The highest BCUT2D eigenvalue weighted by Gasteiger charge is 2.48. The summed E-state index contributed by atoms with van der Waals surface area (Å²) in [7, 11) is 0.